The number of hydrogen-bond acceptors (Lipinski definition) is 1. The van der Waals surface area contributed by atoms with E-state index in [1.165, 1.54) is 22.3 Å². The maximum atomic E-state index is 10.5. The third-order valence-electron chi connectivity index (χ3n) is 5.73. The standard InChI is InChI=1S/C25H28O/c1-18-22(26)17-16-21(24(2,3)19-12-8-6-9-13-19)23(18)25(4,5)20-14-10-7-11-15-20/h6-17,26H,1-5H3. The van der Waals surface area contributed by atoms with Crippen LogP contribution in [-0.4, -0.2) is 5.11 Å². The molecule has 1 nitrogen and oxygen atoms in total. The second-order valence-electron chi connectivity index (χ2n) is 8.11. The maximum absolute atomic E-state index is 10.5. The van der Waals surface area contributed by atoms with Crippen LogP contribution in [0.5, 0.6) is 5.75 Å². The number of phenolic OH excluding ortho intramolecular Hbond substituents is 1. The van der Waals surface area contributed by atoms with E-state index in [2.05, 4.69) is 88.4 Å². The van der Waals surface area contributed by atoms with Crippen LogP contribution >= 0.6 is 0 Å². The van der Waals surface area contributed by atoms with Gasteiger partial charge in [-0.3, -0.25) is 0 Å². The molecule has 0 saturated heterocycles. The van der Waals surface area contributed by atoms with Gasteiger partial charge in [0.15, 0.2) is 0 Å². The molecule has 1 N–H and O–H groups in total. The molecule has 0 bridgehead atoms. The molecule has 0 aromatic heterocycles. The fraction of sp³-hybridized carbons (Fsp3) is 0.280. The van der Waals surface area contributed by atoms with Gasteiger partial charge in [0, 0.05) is 10.8 Å². The minimum absolute atomic E-state index is 0.166. The third-order valence-corrected chi connectivity index (χ3v) is 5.73. The predicted octanol–water partition coefficient (Wildman–Crippen LogP) is 6.35. The summed E-state index contributed by atoms with van der Waals surface area (Å²) >= 11 is 0. The van der Waals surface area contributed by atoms with Gasteiger partial charge in [-0.1, -0.05) is 94.4 Å². The Morgan fingerprint density at radius 1 is 0.615 bits per heavy atom. The highest BCUT2D eigenvalue weighted by Crippen LogP contribution is 2.44. The second-order valence-corrected chi connectivity index (χ2v) is 8.11. The molecule has 3 aromatic rings. The van der Waals surface area contributed by atoms with E-state index in [0.717, 1.165) is 5.56 Å². The SMILES string of the molecule is Cc1c(O)ccc(C(C)(C)c2ccccc2)c1C(C)(C)c1ccccc1. The van der Waals surface area contributed by atoms with Gasteiger partial charge in [0.2, 0.25) is 0 Å². The predicted molar refractivity (Wildman–Crippen MR) is 110 cm³/mol. The van der Waals surface area contributed by atoms with Gasteiger partial charge in [0.25, 0.3) is 0 Å². The van der Waals surface area contributed by atoms with Crippen molar-refractivity contribution >= 4 is 0 Å². The van der Waals surface area contributed by atoms with E-state index in [1.54, 1.807) is 0 Å². The van der Waals surface area contributed by atoms with Crippen molar-refractivity contribution in [2.45, 2.75) is 45.4 Å². The average Bonchev–Trinajstić information content (AvgIpc) is 2.65. The first kappa shape index (κ1) is 18.3. The number of aromatic hydroxyl groups is 1. The zero-order valence-corrected chi connectivity index (χ0v) is 16.4. The molecule has 1 heteroatoms. The van der Waals surface area contributed by atoms with Gasteiger partial charge in [0.05, 0.1) is 0 Å². The minimum atomic E-state index is -0.217. The number of hydrogen-bond donors (Lipinski definition) is 1. The Balaban J connectivity index is 2.28. The van der Waals surface area contributed by atoms with Gasteiger partial charge in [0.1, 0.15) is 5.75 Å². The molecular weight excluding hydrogens is 316 g/mol. The normalized spacial score (nSPS) is 12.2. The summed E-state index contributed by atoms with van der Waals surface area (Å²) in [5.74, 6) is 0.358. The molecule has 0 aliphatic carbocycles. The van der Waals surface area contributed by atoms with Crippen LogP contribution in [0.15, 0.2) is 72.8 Å². The zero-order valence-electron chi connectivity index (χ0n) is 16.4. The summed E-state index contributed by atoms with van der Waals surface area (Å²) in [5, 5.41) is 10.5. The van der Waals surface area contributed by atoms with Gasteiger partial charge in [-0.2, -0.15) is 0 Å². The van der Waals surface area contributed by atoms with Crippen molar-refractivity contribution in [1.82, 2.24) is 0 Å². The number of rotatable bonds is 4. The monoisotopic (exact) mass is 344 g/mol. The van der Waals surface area contributed by atoms with Crippen molar-refractivity contribution in [3.8, 4) is 5.75 Å². The van der Waals surface area contributed by atoms with Crippen molar-refractivity contribution < 1.29 is 5.11 Å². The number of benzene rings is 3. The molecule has 3 rings (SSSR count). The lowest BCUT2D eigenvalue weighted by molar-refractivity contribution is 0.464. The lowest BCUT2D eigenvalue weighted by Crippen LogP contribution is -2.29. The van der Waals surface area contributed by atoms with E-state index in [4.69, 9.17) is 0 Å². The maximum Gasteiger partial charge on any atom is 0.118 e. The Morgan fingerprint density at radius 2 is 1.08 bits per heavy atom. The fourth-order valence-corrected chi connectivity index (χ4v) is 4.04. The third kappa shape index (κ3) is 3.03. The Labute approximate surface area is 157 Å². The Morgan fingerprint density at radius 3 is 1.58 bits per heavy atom. The van der Waals surface area contributed by atoms with E-state index in [1.807, 2.05) is 19.1 Å². The van der Waals surface area contributed by atoms with Crippen LogP contribution in [0.4, 0.5) is 0 Å². The van der Waals surface area contributed by atoms with Crippen molar-refractivity contribution in [2.75, 3.05) is 0 Å². The highest BCUT2D eigenvalue weighted by molar-refractivity contribution is 5.56. The number of phenols is 1. The smallest absolute Gasteiger partial charge is 0.118 e. The highest BCUT2D eigenvalue weighted by Gasteiger charge is 2.34. The molecule has 134 valence electrons. The van der Waals surface area contributed by atoms with Crippen LogP contribution in [0.25, 0.3) is 0 Å². The lowest BCUT2D eigenvalue weighted by Gasteiger charge is -2.37. The fourth-order valence-electron chi connectivity index (χ4n) is 4.04. The van der Waals surface area contributed by atoms with Crippen molar-refractivity contribution in [1.29, 1.82) is 0 Å². The van der Waals surface area contributed by atoms with Gasteiger partial charge < -0.3 is 5.11 Å². The molecule has 0 aliphatic heterocycles. The molecule has 0 aliphatic rings. The van der Waals surface area contributed by atoms with Crippen LogP contribution in [0, 0.1) is 6.92 Å². The summed E-state index contributed by atoms with van der Waals surface area (Å²) in [6, 6.07) is 25.1. The summed E-state index contributed by atoms with van der Waals surface area (Å²) in [6.45, 7) is 11.0. The summed E-state index contributed by atoms with van der Waals surface area (Å²) in [6.07, 6.45) is 0. The Bertz CT molecular complexity index is 890. The quantitative estimate of drug-likeness (QED) is 0.584. The van der Waals surface area contributed by atoms with Crippen LogP contribution in [-0.2, 0) is 10.8 Å². The van der Waals surface area contributed by atoms with E-state index in [-0.39, 0.29) is 10.8 Å². The van der Waals surface area contributed by atoms with Gasteiger partial charge >= 0.3 is 0 Å². The van der Waals surface area contributed by atoms with Crippen LogP contribution in [0.3, 0.4) is 0 Å². The zero-order chi connectivity index (χ0) is 18.9. The molecule has 3 aromatic carbocycles. The molecular formula is C25H28O. The topological polar surface area (TPSA) is 20.2 Å². The molecule has 0 amide bonds. The molecule has 0 atom stereocenters. The van der Waals surface area contributed by atoms with E-state index < -0.39 is 0 Å². The molecule has 0 fully saturated rings. The summed E-state index contributed by atoms with van der Waals surface area (Å²) in [4.78, 5) is 0. The van der Waals surface area contributed by atoms with Crippen molar-refractivity contribution in [3.63, 3.8) is 0 Å². The van der Waals surface area contributed by atoms with E-state index in [0.29, 0.717) is 5.75 Å². The first-order valence-electron chi connectivity index (χ1n) is 9.21. The highest BCUT2D eigenvalue weighted by atomic mass is 16.3. The lowest BCUT2D eigenvalue weighted by atomic mass is 9.67. The second kappa shape index (κ2) is 6.64. The van der Waals surface area contributed by atoms with Crippen LogP contribution in [0.2, 0.25) is 0 Å². The minimum Gasteiger partial charge on any atom is -0.508 e. The van der Waals surface area contributed by atoms with E-state index >= 15 is 0 Å². The van der Waals surface area contributed by atoms with Crippen molar-refractivity contribution in [2.24, 2.45) is 0 Å². The summed E-state index contributed by atoms with van der Waals surface area (Å²) in [7, 11) is 0. The largest absolute Gasteiger partial charge is 0.508 e. The first-order chi connectivity index (χ1) is 12.3. The molecule has 0 saturated carbocycles. The van der Waals surface area contributed by atoms with E-state index in [9.17, 15) is 5.11 Å². The van der Waals surface area contributed by atoms with Gasteiger partial charge in [-0.25, -0.2) is 0 Å². The summed E-state index contributed by atoms with van der Waals surface area (Å²) < 4.78 is 0. The molecule has 26 heavy (non-hydrogen) atoms. The molecule has 0 radical (unpaired) electrons. The Hall–Kier alpha value is -2.54. The van der Waals surface area contributed by atoms with Gasteiger partial charge in [-0.05, 0) is 40.8 Å². The van der Waals surface area contributed by atoms with Crippen LogP contribution < -0.4 is 0 Å². The van der Waals surface area contributed by atoms with Crippen LogP contribution in [0.1, 0.15) is 55.5 Å². The average molecular weight is 344 g/mol. The van der Waals surface area contributed by atoms with Crippen molar-refractivity contribution in [3.05, 3.63) is 101 Å². The Kier molecular flexibility index (Phi) is 4.66. The summed E-state index contributed by atoms with van der Waals surface area (Å²) in [5.41, 5.74) is 5.56. The molecule has 0 heterocycles. The first-order valence-corrected chi connectivity index (χ1v) is 9.21. The van der Waals surface area contributed by atoms with Gasteiger partial charge in [-0.15, -0.1) is 0 Å². The molecule has 0 unspecified atom stereocenters. The molecule has 0 spiro atoms.